The average Bonchev–Trinajstić information content (AvgIpc) is 3.13. The molecule has 1 N–H and O–H groups in total. The Morgan fingerprint density at radius 2 is 1.96 bits per heavy atom. The highest BCUT2D eigenvalue weighted by Crippen LogP contribution is 2.36. The maximum Gasteiger partial charge on any atom is 0.289 e. The zero-order chi connectivity index (χ0) is 17.2. The molecular formula is C18H16FN5O. The molecule has 1 aromatic carbocycles. The first-order valence-electron chi connectivity index (χ1n) is 8.07. The number of halogens is 1. The van der Waals surface area contributed by atoms with Crippen molar-refractivity contribution in [2.24, 2.45) is 0 Å². The van der Waals surface area contributed by atoms with E-state index >= 15 is 0 Å². The summed E-state index contributed by atoms with van der Waals surface area (Å²) in [4.78, 5) is 24.6. The van der Waals surface area contributed by atoms with Gasteiger partial charge in [-0.25, -0.2) is 19.3 Å². The highest BCUT2D eigenvalue weighted by molar-refractivity contribution is 5.90. The standard InChI is InChI=1S/C18H16FN5O/c19-14-3-1-12(2-4-14)13-9-15(10-13)22-18(25)17-21-6-5-16(23-17)24-8-7-20-11-24/h1-8,11,13,15H,9-10H2,(H,22,25). The minimum absolute atomic E-state index is 0.0862. The lowest BCUT2D eigenvalue weighted by atomic mass is 9.76. The molecule has 6 nitrogen and oxygen atoms in total. The molecular weight excluding hydrogens is 321 g/mol. The van der Waals surface area contributed by atoms with Crippen LogP contribution in [-0.2, 0) is 0 Å². The van der Waals surface area contributed by atoms with Crippen molar-refractivity contribution in [3.8, 4) is 5.82 Å². The zero-order valence-electron chi connectivity index (χ0n) is 13.3. The Kier molecular flexibility index (Phi) is 3.97. The van der Waals surface area contributed by atoms with Crippen LogP contribution in [0.1, 0.15) is 34.9 Å². The number of rotatable bonds is 4. The van der Waals surface area contributed by atoms with Crippen molar-refractivity contribution in [1.82, 2.24) is 24.8 Å². The predicted molar refractivity (Wildman–Crippen MR) is 88.8 cm³/mol. The van der Waals surface area contributed by atoms with Crippen LogP contribution < -0.4 is 5.32 Å². The summed E-state index contributed by atoms with van der Waals surface area (Å²) in [6, 6.07) is 8.34. The van der Waals surface area contributed by atoms with E-state index in [1.807, 2.05) is 0 Å². The van der Waals surface area contributed by atoms with E-state index < -0.39 is 0 Å². The van der Waals surface area contributed by atoms with Crippen LogP contribution in [0.4, 0.5) is 4.39 Å². The molecule has 0 unspecified atom stereocenters. The fraction of sp³-hybridized carbons (Fsp3) is 0.222. The maximum absolute atomic E-state index is 13.0. The molecule has 0 aliphatic heterocycles. The molecule has 0 spiro atoms. The van der Waals surface area contributed by atoms with Crippen LogP contribution in [0, 0.1) is 5.82 Å². The summed E-state index contributed by atoms with van der Waals surface area (Å²) >= 11 is 0. The van der Waals surface area contributed by atoms with Gasteiger partial charge in [0.05, 0.1) is 0 Å². The molecule has 1 amide bonds. The van der Waals surface area contributed by atoms with Gasteiger partial charge >= 0.3 is 0 Å². The fourth-order valence-electron chi connectivity index (χ4n) is 2.99. The summed E-state index contributed by atoms with van der Waals surface area (Å²) in [6.07, 6.45) is 8.23. The lowest BCUT2D eigenvalue weighted by molar-refractivity contribution is 0.0898. The third kappa shape index (κ3) is 3.26. The number of aromatic nitrogens is 4. The first-order valence-corrected chi connectivity index (χ1v) is 8.07. The van der Waals surface area contributed by atoms with Gasteiger partial charge in [-0.1, -0.05) is 12.1 Å². The molecule has 7 heteroatoms. The highest BCUT2D eigenvalue weighted by Gasteiger charge is 2.32. The second-order valence-corrected chi connectivity index (χ2v) is 6.10. The van der Waals surface area contributed by atoms with Crippen LogP contribution in [0.15, 0.2) is 55.2 Å². The van der Waals surface area contributed by atoms with Gasteiger partial charge in [-0.05, 0) is 42.5 Å². The Bertz CT molecular complexity index is 873. The molecule has 0 saturated heterocycles. The van der Waals surface area contributed by atoms with Crippen LogP contribution in [-0.4, -0.2) is 31.5 Å². The molecule has 0 atom stereocenters. The van der Waals surface area contributed by atoms with Gasteiger partial charge in [0.15, 0.2) is 0 Å². The highest BCUT2D eigenvalue weighted by atomic mass is 19.1. The lowest BCUT2D eigenvalue weighted by Gasteiger charge is -2.36. The molecule has 3 aromatic rings. The number of benzene rings is 1. The van der Waals surface area contributed by atoms with Gasteiger partial charge in [0.1, 0.15) is 18.0 Å². The van der Waals surface area contributed by atoms with Crippen LogP contribution >= 0.6 is 0 Å². The van der Waals surface area contributed by atoms with E-state index in [2.05, 4.69) is 20.3 Å². The molecule has 126 valence electrons. The van der Waals surface area contributed by atoms with Crippen molar-refractivity contribution in [1.29, 1.82) is 0 Å². The molecule has 25 heavy (non-hydrogen) atoms. The van der Waals surface area contributed by atoms with Gasteiger partial charge in [0.25, 0.3) is 5.91 Å². The molecule has 1 saturated carbocycles. The summed E-state index contributed by atoms with van der Waals surface area (Å²) in [5.41, 5.74) is 1.10. The van der Waals surface area contributed by atoms with Crippen LogP contribution in [0.2, 0.25) is 0 Å². The van der Waals surface area contributed by atoms with E-state index in [1.54, 1.807) is 47.7 Å². The third-order valence-electron chi connectivity index (χ3n) is 4.43. The number of amides is 1. The number of carbonyl (C=O) groups is 1. The summed E-state index contributed by atoms with van der Waals surface area (Å²) in [5.74, 6) is 0.559. The predicted octanol–water partition coefficient (Wildman–Crippen LogP) is 2.48. The Morgan fingerprint density at radius 1 is 1.16 bits per heavy atom. The van der Waals surface area contributed by atoms with Gasteiger partial charge in [0, 0.05) is 24.6 Å². The van der Waals surface area contributed by atoms with Crippen LogP contribution in [0.25, 0.3) is 5.82 Å². The number of nitrogens with zero attached hydrogens (tertiary/aromatic N) is 4. The number of hydrogen-bond acceptors (Lipinski definition) is 4. The van der Waals surface area contributed by atoms with Gasteiger partial charge < -0.3 is 5.32 Å². The van der Waals surface area contributed by atoms with E-state index in [9.17, 15) is 9.18 Å². The number of carbonyl (C=O) groups excluding carboxylic acids is 1. The summed E-state index contributed by atoms with van der Waals surface area (Å²) in [7, 11) is 0. The second-order valence-electron chi connectivity index (χ2n) is 6.10. The molecule has 4 rings (SSSR count). The fourth-order valence-corrected chi connectivity index (χ4v) is 2.99. The molecule has 2 heterocycles. The van der Waals surface area contributed by atoms with Crippen molar-refractivity contribution >= 4 is 5.91 Å². The van der Waals surface area contributed by atoms with Crippen LogP contribution in [0.3, 0.4) is 0 Å². The van der Waals surface area contributed by atoms with Crippen molar-refractivity contribution in [3.63, 3.8) is 0 Å². The SMILES string of the molecule is O=C(NC1CC(c2ccc(F)cc2)C1)c1nccc(-n2ccnc2)n1. The number of hydrogen-bond donors (Lipinski definition) is 1. The molecule has 1 aliphatic rings. The van der Waals surface area contributed by atoms with E-state index in [1.165, 1.54) is 12.1 Å². The van der Waals surface area contributed by atoms with Gasteiger partial charge in [0.2, 0.25) is 5.82 Å². The van der Waals surface area contributed by atoms with E-state index in [0.717, 1.165) is 18.4 Å². The topological polar surface area (TPSA) is 72.7 Å². The molecule has 0 radical (unpaired) electrons. The van der Waals surface area contributed by atoms with Crippen LogP contribution in [0.5, 0.6) is 0 Å². The summed E-state index contributed by atoms with van der Waals surface area (Å²) in [5, 5.41) is 2.95. The Morgan fingerprint density at radius 3 is 2.68 bits per heavy atom. The first kappa shape index (κ1) is 15.4. The maximum atomic E-state index is 13.0. The molecule has 2 aromatic heterocycles. The minimum atomic E-state index is -0.287. The minimum Gasteiger partial charge on any atom is -0.347 e. The van der Waals surface area contributed by atoms with E-state index in [-0.39, 0.29) is 23.6 Å². The summed E-state index contributed by atoms with van der Waals surface area (Å²) < 4.78 is 14.7. The zero-order valence-corrected chi connectivity index (χ0v) is 13.3. The second kappa shape index (κ2) is 6.43. The quantitative estimate of drug-likeness (QED) is 0.794. The number of nitrogens with one attached hydrogen (secondary N) is 1. The van der Waals surface area contributed by atoms with Crippen molar-refractivity contribution in [2.45, 2.75) is 24.8 Å². The normalized spacial score (nSPS) is 19.2. The Hall–Kier alpha value is -3.09. The van der Waals surface area contributed by atoms with Gasteiger partial charge in [-0.3, -0.25) is 9.36 Å². The van der Waals surface area contributed by atoms with Crippen molar-refractivity contribution in [3.05, 3.63) is 72.5 Å². The smallest absolute Gasteiger partial charge is 0.289 e. The largest absolute Gasteiger partial charge is 0.347 e. The Balaban J connectivity index is 1.37. The first-order chi connectivity index (χ1) is 12.2. The van der Waals surface area contributed by atoms with Gasteiger partial charge in [-0.2, -0.15) is 0 Å². The molecule has 0 bridgehead atoms. The Labute approximate surface area is 143 Å². The summed E-state index contributed by atoms with van der Waals surface area (Å²) in [6.45, 7) is 0. The lowest BCUT2D eigenvalue weighted by Crippen LogP contribution is -2.43. The van der Waals surface area contributed by atoms with E-state index in [4.69, 9.17) is 0 Å². The number of imidazole rings is 1. The van der Waals surface area contributed by atoms with Crippen molar-refractivity contribution in [2.75, 3.05) is 0 Å². The average molecular weight is 337 g/mol. The molecule has 1 aliphatic carbocycles. The third-order valence-corrected chi connectivity index (χ3v) is 4.43. The van der Waals surface area contributed by atoms with E-state index in [0.29, 0.717) is 11.7 Å². The molecule has 1 fully saturated rings. The van der Waals surface area contributed by atoms with Crippen molar-refractivity contribution < 1.29 is 9.18 Å². The monoisotopic (exact) mass is 337 g/mol. The van der Waals surface area contributed by atoms with Gasteiger partial charge in [-0.15, -0.1) is 0 Å².